The third kappa shape index (κ3) is 6.06. The zero-order valence-electron chi connectivity index (χ0n) is 17.9. The van der Waals surface area contributed by atoms with Crippen molar-refractivity contribution < 1.29 is 0 Å². The van der Waals surface area contributed by atoms with E-state index in [1.54, 1.807) is 0 Å². The molecule has 2 heteroatoms. The van der Waals surface area contributed by atoms with Gasteiger partial charge in [-0.3, -0.25) is 0 Å². The Labute approximate surface area is 193 Å². The zero-order chi connectivity index (χ0) is 21.3. The Morgan fingerprint density at radius 3 is 1.50 bits per heavy atom. The Hall–Kier alpha value is -1.90. The Morgan fingerprint density at radius 2 is 1.10 bits per heavy atom. The molecule has 0 amide bonds. The average molecular weight is 432 g/mol. The number of hydrogen-bond acceptors (Lipinski definition) is 2. The average Bonchev–Trinajstić information content (AvgIpc) is 2.79. The molecular formula is C28H31S2. The van der Waals surface area contributed by atoms with E-state index in [2.05, 4.69) is 92.7 Å². The molecule has 0 aliphatic rings. The van der Waals surface area contributed by atoms with Crippen LogP contribution in [0.1, 0.15) is 77.8 Å². The quantitative estimate of drug-likeness (QED) is 0.246. The molecule has 3 aromatic carbocycles. The first kappa shape index (κ1) is 22.8. The highest BCUT2D eigenvalue weighted by atomic mass is 32.1. The summed E-state index contributed by atoms with van der Waals surface area (Å²) in [4.78, 5) is 0. The molecule has 0 bridgehead atoms. The van der Waals surface area contributed by atoms with Gasteiger partial charge in [-0.25, -0.2) is 0 Å². The molecule has 1 radical (unpaired) electrons. The van der Waals surface area contributed by atoms with E-state index in [9.17, 15) is 0 Å². The largest absolute Gasteiger partial charge is 0.171 e. The molecule has 0 saturated carbocycles. The van der Waals surface area contributed by atoms with Gasteiger partial charge in [-0.1, -0.05) is 106 Å². The minimum atomic E-state index is 0.291. The molecule has 0 aliphatic heterocycles. The van der Waals surface area contributed by atoms with Gasteiger partial charge in [0.25, 0.3) is 0 Å². The molecule has 0 fully saturated rings. The van der Waals surface area contributed by atoms with Crippen molar-refractivity contribution in [3.8, 4) is 0 Å². The van der Waals surface area contributed by atoms with Crippen LogP contribution in [0.4, 0.5) is 0 Å². The van der Waals surface area contributed by atoms with Gasteiger partial charge < -0.3 is 0 Å². The van der Waals surface area contributed by atoms with Gasteiger partial charge >= 0.3 is 0 Å². The van der Waals surface area contributed by atoms with Crippen LogP contribution in [0.25, 0.3) is 5.57 Å². The van der Waals surface area contributed by atoms with E-state index in [-0.39, 0.29) is 0 Å². The van der Waals surface area contributed by atoms with E-state index in [1.807, 2.05) is 6.07 Å². The SMILES string of the molecule is CCCC(S)c1ccc(C(=[C]c2ccccc2)c2ccc(C(S)CCC)cc2)cc1. The summed E-state index contributed by atoms with van der Waals surface area (Å²) in [6.45, 7) is 4.40. The van der Waals surface area contributed by atoms with Crippen LogP contribution >= 0.6 is 25.3 Å². The molecule has 3 aromatic rings. The maximum absolute atomic E-state index is 4.75. The monoisotopic (exact) mass is 431 g/mol. The fourth-order valence-corrected chi connectivity index (χ4v) is 4.46. The normalized spacial score (nSPS) is 12.9. The van der Waals surface area contributed by atoms with Crippen LogP contribution in [0.3, 0.4) is 0 Å². The van der Waals surface area contributed by atoms with E-state index in [0.29, 0.717) is 10.5 Å². The first-order chi connectivity index (χ1) is 14.6. The molecule has 0 aromatic heterocycles. The Kier molecular flexibility index (Phi) is 8.72. The van der Waals surface area contributed by atoms with E-state index >= 15 is 0 Å². The summed E-state index contributed by atoms with van der Waals surface area (Å²) in [5.74, 6) is 0. The third-order valence-corrected chi connectivity index (χ3v) is 6.45. The van der Waals surface area contributed by atoms with E-state index in [4.69, 9.17) is 25.3 Å². The summed E-state index contributed by atoms with van der Waals surface area (Å²) in [5, 5.41) is 0.583. The Balaban J connectivity index is 1.97. The van der Waals surface area contributed by atoms with Crippen molar-refractivity contribution in [1.82, 2.24) is 0 Å². The van der Waals surface area contributed by atoms with Gasteiger partial charge in [0.1, 0.15) is 0 Å². The number of thiol groups is 2. The number of benzene rings is 3. The summed E-state index contributed by atoms with van der Waals surface area (Å²) in [6.07, 6.45) is 8.09. The maximum Gasteiger partial charge on any atom is 0.0267 e. The lowest BCUT2D eigenvalue weighted by atomic mass is 9.93. The van der Waals surface area contributed by atoms with Gasteiger partial charge in [-0.2, -0.15) is 25.3 Å². The highest BCUT2D eigenvalue weighted by Crippen LogP contribution is 2.31. The summed E-state index contributed by atoms with van der Waals surface area (Å²) >= 11 is 9.51. The topological polar surface area (TPSA) is 0 Å². The summed E-state index contributed by atoms with van der Waals surface area (Å²) < 4.78 is 0. The van der Waals surface area contributed by atoms with Crippen LogP contribution in [0.2, 0.25) is 0 Å². The molecule has 2 unspecified atom stereocenters. The molecule has 155 valence electrons. The molecule has 2 atom stereocenters. The highest BCUT2D eigenvalue weighted by Gasteiger charge is 2.11. The predicted octanol–water partition coefficient (Wildman–Crippen LogP) is 8.51. The number of rotatable bonds is 9. The fourth-order valence-electron chi connectivity index (χ4n) is 3.60. The van der Waals surface area contributed by atoms with Crippen molar-refractivity contribution in [2.24, 2.45) is 0 Å². The zero-order valence-corrected chi connectivity index (χ0v) is 19.7. The highest BCUT2D eigenvalue weighted by molar-refractivity contribution is 7.80. The van der Waals surface area contributed by atoms with Crippen LogP contribution < -0.4 is 0 Å². The number of hydrogen-bond donors (Lipinski definition) is 2. The van der Waals surface area contributed by atoms with E-state index in [0.717, 1.165) is 36.8 Å². The molecule has 0 heterocycles. The lowest BCUT2D eigenvalue weighted by Gasteiger charge is -2.14. The van der Waals surface area contributed by atoms with Crippen LogP contribution in [-0.2, 0) is 0 Å². The smallest absolute Gasteiger partial charge is 0.0267 e. The minimum absolute atomic E-state index is 0.291. The van der Waals surface area contributed by atoms with Crippen LogP contribution in [0.15, 0.2) is 78.9 Å². The second-order valence-corrected chi connectivity index (χ2v) is 8.97. The molecule has 0 spiro atoms. The van der Waals surface area contributed by atoms with Crippen molar-refractivity contribution in [3.05, 3.63) is 113 Å². The third-order valence-electron chi connectivity index (χ3n) is 5.34. The van der Waals surface area contributed by atoms with E-state index < -0.39 is 0 Å². The van der Waals surface area contributed by atoms with Gasteiger partial charge in [-0.05, 0) is 52.3 Å². The van der Waals surface area contributed by atoms with Crippen molar-refractivity contribution in [3.63, 3.8) is 0 Å². The van der Waals surface area contributed by atoms with Crippen molar-refractivity contribution in [1.29, 1.82) is 0 Å². The second-order valence-electron chi connectivity index (χ2n) is 7.72. The lowest BCUT2D eigenvalue weighted by Crippen LogP contribution is -1.95. The molecule has 0 aliphatic carbocycles. The maximum atomic E-state index is 4.75. The molecule has 0 N–H and O–H groups in total. The molecule has 0 nitrogen and oxygen atoms in total. The van der Waals surface area contributed by atoms with Crippen LogP contribution in [0.5, 0.6) is 0 Å². The Morgan fingerprint density at radius 1 is 0.667 bits per heavy atom. The fraction of sp³-hybridized carbons (Fsp3) is 0.286. The first-order valence-corrected chi connectivity index (χ1v) is 11.9. The molecule has 0 saturated heterocycles. The standard InChI is InChI=1S/C28H31S2/c1-3-8-27(29)24-16-12-22(13-17-24)26(20-21-10-6-5-7-11-21)23-14-18-25(19-15-23)28(30)9-4-2/h5-7,10-19,27-30H,3-4,8-9H2,1-2H3. The van der Waals surface area contributed by atoms with Crippen molar-refractivity contribution in [2.45, 2.75) is 50.0 Å². The van der Waals surface area contributed by atoms with Crippen LogP contribution in [0, 0.1) is 6.08 Å². The van der Waals surface area contributed by atoms with Crippen LogP contribution in [-0.4, -0.2) is 0 Å². The van der Waals surface area contributed by atoms with Crippen molar-refractivity contribution >= 4 is 30.8 Å². The first-order valence-electron chi connectivity index (χ1n) is 10.9. The minimum Gasteiger partial charge on any atom is -0.171 e. The summed E-state index contributed by atoms with van der Waals surface area (Å²) in [6, 6.07) is 28.0. The van der Waals surface area contributed by atoms with Gasteiger partial charge in [0.05, 0.1) is 0 Å². The van der Waals surface area contributed by atoms with Gasteiger partial charge in [0, 0.05) is 10.5 Å². The molecule has 30 heavy (non-hydrogen) atoms. The molecular weight excluding hydrogens is 400 g/mol. The van der Waals surface area contributed by atoms with Crippen molar-refractivity contribution in [2.75, 3.05) is 0 Å². The molecule has 3 rings (SSSR count). The summed E-state index contributed by atoms with van der Waals surface area (Å²) in [5.41, 5.74) is 7.08. The van der Waals surface area contributed by atoms with Gasteiger partial charge in [0.15, 0.2) is 0 Å². The Bertz CT molecular complexity index is 867. The van der Waals surface area contributed by atoms with Gasteiger partial charge in [-0.15, -0.1) is 0 Å². The predicted molar refractivity (Wildman–Crippen MR) is 137 cm³/mol. The second kappa shape index (κ2) is 11.5. The van der Waals surface area contributed by atoms with E-state index in [1.165, 1.54) is 22.3 Å². The lowest BCUT2D eigenvalue weighted by molar-refractivity contribution is 0.782. The van der Waals surface area contributed by atoms with Gasteiger partial charge in [0.2, 0.25) is 0 Å². The summed E-state index contributed by atoms with van der Waals surface area (Å²) in [7, 11) is 0.